The molecule has 5 heteroatoms. The molecule has 0 unspecified atom stereocenters. The molecule has 0 atom stereocenters. The van der Waals surface area contributed by atoms with Gasteiger partial charge in [-0.3, -0.25) is 4.79 Å². The molecule has 25 heavy (non-hydrogen) atoms. The molecule has 0 saturated carbocycles. The highest BCUT2D eigenvalue weighted by Gasteiger charge is 2.23. The molecular weight excluding hydrogens is 312 g/mol. The Kier molecular flexibility index (Phi) is 5.64. The van der Waals surface area contributed by atoms with E-state index < -0.39 is 0 Å². The minimum absolute atomic E-state index is 0.0170. The third-order valence-corrected chi connectivity index (χ3v) is 4.55. The highest BCUT2D eigenvalue weighted by molar-refractivity contribution is 5.92. The molecule has 1 aliphatic heterocycles. The van der Waals surface area contributed by atoms with E-state index >= 15 is 0 Å². The number of nitrogens with zero attached hydrogens (tertiary/aromatic N) is 3. The second-order valence-electron chi connectivity index (χ2n) is 6.60. The molecule has 0 saturated heterocycles. The summed E-state index contributed by atoms with van der Waals surface area (Å²) in [7, 11) is 0. The lowest BCUT2D eigenvalue weighted by atomic mass is 10.00. The molecule has 2 aromatic rings. The number of aromatic nitrogens is 2. The lowest BCUT2D eigenvalue weighted by molar-refractivity contribution is 0.0728. The van der Waals surface area contributed by atoms with Gasteiger partial charge in [0.2, 0.25) is 5.95 Å². The van der Waals surface area contributed by atoms with Gasteiger partial charge >= 0.3 is 0 Å². The van der Waals surface area contributed by atoms with Gasteiger partial charge in [0.15, 0.2) is 0 Å². The van der Waals surface area contributed by atoms with E-state index in [2.05, 4.69) is 40.4 Å². The number of benzene rings is 1. The van der Waals surface area contributed by atoms with Crippen LogP contribution in [-0.4, -0.2) is 33.9 Å². The van der Waals surface area contributed by atoms with Crippen molar-refractivity contribution < 1.29 is 4.79 Å². The zero-order chi connectivity index (χ0) is 17.6. The molecule has 0 aliphatic carbocycles. The number of nitrogens with one attached hydrogen (secondary N) is 1. The van der Waals surface area contributed by atoms with E-state index in [1.165, 1.54) is 24.0 Å². The Morgan fingerprint density at radius 3 is 2.80 bits per heavy atom. The lowest BCUT2D eigenvalue weighted by Crippen LogP contribution is -2.36. The van der Waals surface area contributed by atoms with Crippen LogP contribution in [0.3, 0.4) is 0 Å². The maximum Gasteiger partial charge on any atom is 0.272 e. The van der Waals surface area contributed by atoms with Crippen LogP contribution >= 0.6 is 0 Å². The van der Waals surface area contributed by atoms with Crippen molar-refractivity contribution in [3.63, 3.8) is 0 Å². The zero-order valence-electron chi connectivity index (χ0n) is 15.1. The second kappa shape index (κ2) is 8.10. The number of hydrogen-bond donors (Lipinski definition) is 1. The summed E-state index contributed by atoms with van der Waals surface area (Å²) in [4.78, 5) is 23.6. The van der Waals surface area contributed by atoms with E-state index in [4.69, 9.17) is 0 Å². The molecule has 1 aromatic heterocycles. The summed E-state index contributed by atoms with van der Waals surface area (Å²) in [5.41, 5.74) is 3.85. The van der Waals surface area contributed by atoms with Gasteiger partial charge in [0, 0.05) is 25.3 Å². The summed E-state index contributed by atoms with van der Waals surface area (Å²) in [6, 6.07) is 10.1. The minimum Gasteiger partial charge on any atom is -0.354 e. The zero-order valence-corrected chi connectivity index (χ0v) is 15.1. The van der Waals surface area contributed by atoms with Crippen molar-refractivity contribution in [1.82, 2.24) is 14.9 Å². The first-order valence-electron chi connectivity index (χ1n) is 9.13. The number of unbranched alkanes of at least 4 members (excludes halogenated alkanes) is 2. The van der Waals surface area contributed by atoms with E-state index in [-0.39, 0.29) is 5.91 Å². The van der Waals surface area contributed by atoms with Crippen molar-refractivity contribution in [2.75, 3.05) is 18.4 Å². The summed E-state index contributed by atoms with van der Waals surface area (Å²) in [5.74, 6) is 0.536. The summed E-state index contributed by atoms with van der Waals surface area (Å²) in [5, 5.41) is 3.24. The van der Waals surface area contributed by atoms with Gasteiger partial charge in [-0.2, -0.15) is 0 Å². The summed E-state index contributed by atoms with van der Waals surface area (Å²) >= 11 is 0. The largest absolute Gasteiger partial charge is 0.354 e. The van der Waals surface area contributed by atoms with E-state index in [9.17, 15) is 4.79 Å². The number of carbonyl (C=O) groups excluding carboxylic acids is 1. The molecule has 0 bridgehead atoms. The molecule has 0 radical (unpaired) electrons. The predicted molar refractivity (Wildman–Crippen MR) is 99.7 cm³/mol. The Bertz CT molecular complexity index is 744. The average Bonchev–Trinajstić information content (AvgIpc) is 2.64. The van der Waals surface area contributed by atoms with E-state index in [1.54, 1.807) is 6.07 Å². The standard InChI is InChI=1S/C20H26N4O/c1-3-4-7-11-21-20-22-15(2)13-18(23-20)19(25)24-12-10-16-8-5-6-9-17(16)14-24/h5-6,8-9,13H,3-4,7,10-12,14H2,1-2H3,(H,21,22,23). The normalized spacial score (nSPS) is 13.4. The molecular formula is C20H26N4O. The molecule has 2 heterocycles. The molecule has 1 aliphatic rings. The van der Waals surface area contributed by atoms with Crippen LogP contribution in [-0.2, 0) is 13.0 Å². The van der Waals surface area contributed by atoms with Crippen molar-refractivity contribution >= 4 is 11.9 Å². The molecule has 0 spiro atoms. The van der Waals surface area contributed by atoms with Crippen LogP contribution in [0.5, 0.6) is 0 Å². The number of anilines is 1. The van der Waals surface area contributed by atoms with Crippen molar-refractivity contribution in [3.05, 3.63) is 52.8 Å². The Labute approximate surface area is 149 Å². The first-order valence-corrected chi connectivity index (χ1v) is 9.13. The molecule has 1 N–H and O–H groups in total. The predicted octanol–water partition coefficient (Wildman–Crippen LogP) is 3.59. The second-order valence-corrected chi connectivity index (χ2v) is 6.60. The van der Waals surface area contributed by atoms with Gasteiger partial charge in [0.25, 0.3) is 5.91 Å². The Balaban J connectivity index is 1.71. The fraction of sp³-hybridized carbons (Fsp3) is 0.450. The van der Waals surface area contributed by atoms with Crippen LogP contribution < -0.4 is 5.32 Å². The third kappa shape index (κ3) is 4.35. The number of rotatable bonds is 6. The Morgan fingerprint density at radius 2 is 2.00 bits per heavy atom. The third-order valence-electron chi connectivity index (χ3n) is 4.55. The first-order chi connectivity index (χ1) is 12.2. The minimum atomic E-state index is -0.0170. The Hall–Kier alpha value is -2.43. The summed E-state index contributed by atoms with van der Waals surface area (Å²) in [6.07, 6.45) is 4.34. The molecule has 1 amide bonds. The van der Waals surface area contributed by atoms with Crippen LogP contribution in [0.15, 0.2) is 30.3 Å². The van der Waals surface area contributed by atoms with Crippen molar-refractivity contribution in [1.29, 1.82) is 0 Å². The quantitative estimate of drug-likeness (QED) is 0.818. The smallest absolute Gasteiger partial charge is 0.272 e. The van der Waals surface area contributed by atoms with E-state index in [1.807, 2.05) is 17.9 Å². The van der Waals surface area contributed by atoms with Gasteiger partial charge in [-0.15, -0.1) is 0 Å². The van der Waals surface area contributed by atoms with Gasteiger partial charge < -0.3 is 10.2 Å². The van der Waals surface area contributed by atoms with Gasteiger partial charge in [0.1, 0.15) is 5.69 Å². The molecule has 0 fully saturated rings. The maximum absolute atomic E-state index is 12.9. The van der Waals surface area contributed by atoms with Crippen LogP contribution in [0.25, 0.3) is 0 Å². The van der Waals surface area contributed by atoms with E-state index in [0.29, 0.717) is 18.2 Å². The highest BCUT2D eigenvalue weighted by Crippen LogP contribution is 2.20. The van der Waals surface area contributed by atoms with E-state index in [0.717, 1.165) is 31.6 Å². The highest BCUT2D eigenvalue weighted by atomic mass is 16.2. The number of hydrogen-bond acceptors (Lipinski definition) is 4. The lowest BCUT2D eigenvalue weighted by Gasteiger charge is -2.28. The van der Waals surface area contributed by atoms with Gasteiger partial charge in [-0.25, -0.2) is 9.97 Å². The Morgan fingerprint density at radius 1 is 1.20 bits per heavy atom. The number of aryl methyl sites for hydroxylation is 1. The molecule has 1 aromatic carbocycles. The van der Waals surface area contributed by atoms with Gasteiger partial charge in [0.05, 0.1) is 0 Å². The van der Waals surface area contributed by atoms with Crippen LogP contribution in [0, 0.1) is 6.92 Å². The van der Waals surface area contributed by atoms with Gasteiger partial charge in [-0.05, 0) is 37.0 Å². The summed E-state index contributed by atoms with van der Waals surface area (Å²) < 4.78 is 0. The number of amides is 1. The maximum atomic E-state index is 12.9. The van der Waals surface area contributed by atoms with Crippen molar-refractivity contribution in [2.24, 2.45) is 0 Å². The van der Waals surface area contributed by atoms with Crippen LogP contribution in [0.2, 0.25) is 0 Å². The molecule has 3 rings (SSSR count). The van der Waals surface area contributed by atoms with Crippen LogP contribution in [0.1, 0.15) is 53.5 Å². The van der Waals surface area contributed by atoms with Crippen molar-refractivity contribution in [2.45, 2.75) is 46.1 Å². The first kappa shape index (κ1) is 17.4. The fourth-order valence-corrected chi connectivity index (χ4v) is 3.16. The molecule has 132 valence electrons. The molecule has 5 nitrogen and oxygen atoms in total. The monoisotopic (exact) mass is 338 g/mol. The fourth-order valence-electron chi connectivity index (χ4n) is 3.16. The average molecular weight is 338 g/mol. The number of fused-ring (bicyclic) bond motifs is 1. The van der Waals surface area contributed by atoms with Crippen LogP contribution in [0.4, 0.5) is 5.95 Å². The van der Waals surface area contributed by atoms with Gasteiger partial charge in [-0.1, -0.05) is 44.0 Å². The summed E-state index contributed by atoms with van der Waals surface area (Å²) in [6.45, 7) is 6.30. The topological polar surface area (TPSA) is 58.1 Å². The number of carbonyl (C=O) groups is 1. The van der Waals surface area contributed by atoms with Crippen molar-refractivity contribution in [3.8, 4) is 0 Å². The SMILES string of the molecule is CCCCCNc1nc(C)cc(C(=O)N2CCc3ccccc3C2)n1.